The lowest BCUT2D eigenvalue weighted by Crippen LogP contribution is -2.18. The van der Waals surface area contributed by atoms with Crippen LogP contribution in [0.4, 0.5) is 5.69 Å². The summed E-state index contributed by atoms with van der Waals surface area (Å²) in [7, 11) is -8.02. The Balaban J connectivity index is 2.33. The molecule has 0 spiro atoms. The molecular weight excluding hydrogens is 352 g/mol. The van der Waals surface area contributed by atoms with Gasteiger partial charge in [-0.2, -0.15) is 0 Å². The zero-order chi connectivity index (χ0) is 18.0. The third kappa shape index (κ3) is 4.47. The van der Waals surface area contributed by atoms with Crippen molar-refractivity contribution >= 4 is 25.7 Å². The van der Waals surface area contributed by atoms with Crippen molar-refractivity contribution < 1.29 is 21.6 Å². The number of ether oxygens (including phenoxy) is 1. The van der Waals surface area contributed by atoms with Crippen molar-refractivity contribution in [3.63, 3.8) is 0 Å². The van der Waals surface area contributed by atoms with Crippen LogP contribution in [0.5, 0.6) is 5.75 Å². The molecule has 0 aliphatic carbocycles. The summed E-state index contributed by atoms with van der Waals surface area (Å²) in [4.78, 5) is -0.323. The molecule has 0 saturated carbocycles. The van der Waals surface area contributed by atoms with E-state index in [1.54, 1.807) is 0 Å². The molecule has 3 N–H and O–H groups in total. The van der Waals surface area contributed by atoms with Crippen LogP contribution in [-0.4, -0.2) is 22.9 Å². The first-order valence-corrected chi connectivity index (χ1v) is 10.0. The van der Waals surface area contributed by atoms with Gasteiger partial charge in [0.25, 0.3) is 10.0 Å². The second-order valence-electron chi connectivity index (χ2n) is 5.28. The second kappa shape index (κ2) is 6.80. The molecule has 0 aromatic heterocycles. The molecule has 9 heteroatoms. The Morgan fingerprint density at radius 2 is 1.54 bits per heavy atom. The van der Waals surface area contributed by atoms with Crippen molar-refractivity contribution in [3.8, 4) is 5.75 Å². The third-order valence-corrected chi connectivity index (χ3v) is 5.29. The Kier molecular flexibility index (Phi) is 5.16. The average Bonchev–Trinajstić information content (AvgIpc) is 2.46. The summed E-state index contributed by atoms with van der Waals surface area (Å²) in [6.45, 7) is 3.72. The van der Waals surface area contributed by atoms with E-state index < -0.39 is 20.0 Å². The van der Waals surface area contributed by atoms with Gasteiger partial charge in [-0.3, -0.25) is 4.72 Å². The van der Waals surface area contributed by atoms with E-state index in [1.807, 2.05) is 13.8 Å². The molecule has 0 radical (unpaired) electrons. The number of hydrogen-bond donors (Lipinski definition) is 2. The van der Waals surface area contributed by atoms with Gasteiger partial charge in [0.05, 0.1) is 16.7 Å². The van der Waals surface area contributed by atoms with Gasteiger partial charge in [-0.05, 0) is 50.2 Å². The summed E-state index contributed by atoms with van der Waals surface area (Å²) in [6, 6.07) is 11.3. The van der Waals surface area contributed by atoms with E-state index in [9.17, 15) is 16.8 Å². The van der Waals surface area contributed by atoms with E-state index in [1.165, 1.54) is 48.5 Å². The monoisotopic (exact) mass is 370 g/mol. The Hall–Kier alpha value is -2.10. The second-order valence-corrected chi connectivity index (χ2v) is 8.50. The molecule has 2 aromatic carbocycles. The van der Waals surface area contributed by atoms with E-state index in [0.29, 0.717) is 5.75 Å². The van der Waals surface area contributed by atoms with Crippen LogP contribution in [0.2, 0.25) is 0 Å². The largest absolute Gasteiger partial charge is 0.491 e. The first-order chi connectivity index (χ1) is 11.1. The number of hydrogen-bond acceptors (Lipinski definition) is 5. The normalized spacial score (nSPS) is 12.2. The Morgan fingerprint density at radius 1 is 0.958 bits per heavy atom. The molecule has 0 heterocycles. The quantitative estimate of drug-likeness (QED) is 0.806. The SMILES string of the molecule is CC(C)Oc1ccc(S(=O)(=O)Nc2ccccc2S(N)(=O)=O)cc1. The van der Waals surface area contributed by atoms with Gasteiger partial charge in [-0.15, -0.1) is 0 Å². The van der Waals surface area contributed by atoms with Gasteiger partial charge in [-0.1, -0.05) is 12.1 Å². The lowest BCUT2D eigenvalue weighted by molar-refractivity contribution is 0.242. The van der Waals surface area contributed by atoms with Gasteiger partial charge in [-0.25, -0.2) is 22.0 Å². The Bertz CT molecular complexity index is 921. The molecule has 2 aromatic rings. The van der Waals surface area contributed by atoms with Gasteiger partial charge >= 0.3 is 0 Å². The van der Waals surface area contributed by atoms with Crippen molar-refractivity contribution in [1.82, 2.24) is 0 Å². The highest BCUT2D eigenvalue weighted by Crippen LogP contribution is 2.24. The van der Waals surface area contributed by atoms with Crippen molar-refractivity contribution in [2.24, 2.45) is 5.14 Å². The number of primary sulfonamides is 1. The maximum atomic E-state index is 12.4. The topological polar surface area (TPSA) is 116 Å². The smallest absolute Gasteiger partial charge is 0.261 e. The van der Waals surface area contributed by atoms with E-state index in [-0.39, 0.29) is 21.6 Å². The van der Waals surface area contributed by atoms with Crippen LogP contribution in [0.1, 0.15) is 13.8 Å². The van der Waals surface area contributed by atoms with Crippen molar-refractivity contribution in [2.45, 2.75) is 29.7 Å². The van der Waals surface area contributed by atoms with E-state index in [0.717, 1.165) is 0 Å². The predicted molar refractivity (Wildman–Crippen MR) is 90.8 cm³/mol. The summed E-state index contributed by atoms with van der Waals surface area (Å²) in [6.07, 6.45) is -0.0350. The molecule has 24 heavy (non-hydrogen) atoms. The fraction of sp³-hybridized carbons (Fsp3) is 0.200. The van der Waals surface area contributed by atoms with Crippen molar-refractivity contribution in [2.75, 3.05) is 4.72 Å². The molecule has 0 amide bonds. The van der Waals surface area contributed by atoms with Crippen LogP contribution in [0.3, 0.4) is 0 Å². The fourth-order valence-electron chi connectivity index (χ4n) is 1.97. The number of benzene rings is 2. The minimum atomic E-state index is -4.06. The molecule has 0 atom stereocenters. The van der Waals surface area contributed by atoms with Crippen molar-refractivity contribution in [1.29, 1.82) is 0 Å². The van der Waals surface area contributed by atoms with Crippen LogP contribution < -0.4 is 14.6 Å². The Morgan fingerprint density at radius 3 is 2.08 bits per heavy atom. The lowest BCUT2D eigenvalue weighted by Gasteiger charge is -2.13. The average molecular weight is 370 g/mol. The minimum absolute atomic E-state index is 0.0252. The van der Waals surface area contributed by atoms with E-state index >= 15 is 0 Å². The van der Waals surface area contributed by atoms with Crippen LogP contribution in [0.15, 0.2) is 58.3 Å². The maximum absolute atomic E-state index is 12.4. The third-order valence-electron chi connectivity index (χ3n) is 2.94. The van der Waals surface area contributed by atoms with Gasteiger partial charge < -0.3 is 4.74 Å². The maximum Gasteiger partial charge on any atom is 0.261 e. The Labute approximate surface area is 141 Å². The number of rotatable bonds is 6. The minimum Gasteiger partial charge on any atom is -0.491 e. The van der Waals surface area contributed by atoms with Gasteiger partial charge in [0, 0.05) is 0 Å². The molecule has 130 valence electrons. The summed E-state index contributed by atoms with van der Waals surface area (Å²) >= 11 is 0. The molecular formula is C15H18N2O5S2. The van der Waals surface area contributed by atoms with E-state index in [4.69, 9.17) is 9.88 Å². The highest BCUT2D eigenvalue weighted by atomic mass is 32.2. The van der Waals surface area contributed by atoms with Crippen molar-refractivity contribution in [3.05, 3.63) is 48.5 Å². The molecule has 0 aliphatic heterocycles. The zero-order valence-electron chi connectivity index (χ0n) is 13.1. The molecule has 0 saturated heterocycles. The molecule has 0 aliphatic rings. The van der Waals surface area contributed by atoms with Crippen LogP contribution >= 0.6 is 0 Å². The molecule has 2 rings (SSSR count). The highest BCUT2D eigenvalue weighted by Gasteiger charge is 2.20. The summed E-state index contributed by atoms with van der Waals surface area (Å²) in [5.74, 6) is 0.536. The molecule has 7 nitrogen and oxygen atoms in total. The number of sulfonamides is 2. The van der Waals surface area contributed by atoms with E-state index in [2.05, 4.69) is 4.72 Å². The molecule has 0 fully saturated rings. The van der Waals surface area contributed by atoms with Gasteiger partial charge in [0.1, 0.15) is 10.6 Å². The molecule has 0 bridgehead atoms. The highest BCUT2D eigenvalue weighted by molar-refractivity contribution is 7.93. The first kappa shape index (κ1) is 18.2. The standard InChI is InChI=1S/C15H18N2O5S2/c1-11(2)22-12-7-9-13(10-8-12)24(20,21)17-14-5-3-4-6-15(14)23(16,18)19/h3-11,17H,1-2H3,(H2,16,18,19). The fourth-order valence-corrected chi connectivity index (χ4v) is 3.81. The van der Waals surface area contributed by atoms with Crippen LogP contribution in [-0.2, 0) is 20.0 Å². The van der Waals surface area contributed by atoms with Crippen LogP contribution in [0.25, 0.3) is 0 Å². The number of para-hydroxylation sites is 1. The van der Waals surface area contributed by atoms with Gasteiger partial charge in [0.2, 0.25) is 10.0 Å². The number of anilines is 1. The lowest BCUT2D eigenvalue weighted by atomic mass is 10.3. The summed E-state index contributed by atoms with van der Waals surface area (Å²) in [5, 5.41) is 5.10. The summed E-state index contributed by atoms with van der Waals surface area (Å²) in [5.41, 5.74) is -0.109. The predicted octanol–water partition coefficient (Wildman–Crippen LogP) is 1.92. The van der Waals surface area contributed by atoms with Gasteiger partial charge in [0.15, 0.2) is 0 Å². The summed E-state index contributed by atoms with van der Waals surface area (Å²) < 4.78 is 55.6. The number of nitrogens with one attached hydrogen (secondary N) is 1. The zero-order valence-corrected chi connectivity index (χ0v) is 14.8. The molecule has 0 unspecified atom stereocenters. The number of nitrogens with two attached hydrogens (primary N) is 1. The van der Waals surface area contributed by atoms with Crippen LogP contribution in [0, 0.1) is 0 Å². The first-order valence-electron chi connectivity index (χ1n) is 7.01.